The van der Waals surface area contributed by atoms with Gasteiger partial charge in [0.25, 0.3) is 0 Å². The fourth-order valence-electron chi connectivity index (χ4n) is 0.703. The molecule has 0 aromatic carbocycles. The minimum Gasteiger partial charge on any atom is -0.198 e. The minimum atomic E-state index is 0.0833. The topological polar surface area (TPSA) is 23.8 Å². The van der Waals surface area contributed by atoms with E-state index in [0.29, 0.717) is 6.42 Å². The summed E-state index contributed by atoms with van der Waals surface area (Å²) < 4.78 is 0. The van der Waals surface area contributed by atoms with E-state index < -0.39 is 0 Å². The molecule has 9 heavy (non-hydrogen) atoms. The van der Waals surface area contributed by atoms with Gasteiger partial charge in [0.2, 0.25) is 0 Å². The maximum absolute atomic E-state index is 8.44. The quantitative estimate of drug-likeness (QED) is 0.523. The van der Waals surface area contributed by atoms with Gasteiger partial charge in [0, 0.05) is 6.42 Å². The molecule has 0 rings (SSSR count). The molecule has 0 N–H and O–H groups in total. The Hall–Kier alpha value is -0.950. The lowest BCUT2D eigenvalue weighted by atomic mass is 10.0. The molecule has 48 valence electrons. The molecule has 0 saturated heterocycles. The van der Waals surface area contributed by atoms with Crippen molar-refractivity contribution in [1.29, 1.82) is 5.26 Å². The van der Waals surface area contributed by atoms with Crippen molar-refractivity contribution in [3.05, 3.63) is 0 Å². The van der Waals surface area contributed by atoms with E-state index >= 15 is 0 Å². The number of nitrogens with zero attached hydrogens (tertiary/aromatic N) is 1. The molecular formula is C8H11N. The molecular weight excluding hydrogens is 110 g/mol. The lowest BCUT2D eigenvalue weighted by Gasteiger charge is -1.99. The fraction of sp³-hybridized carbons (Fsp3) is 0.625. The van der Waals surface area contributed by atoms with E-state index in [2.05, 4.69) is 18.9 Å². The van der Waals surface area contributed by atoms with Crippen molar-refractivity contribution in [3.8, 4) is 18.4 Å². The van der Waals surface area contributed by atoms with Crippen molar-refractivity contribution in [2.45, 2.75) is 26.2 Å². The summed E-state index contributed by atoms with van der Waals surface area (Å²) >= 11 is 0. The van der Waals surface area contributed by atoms with Crippen molar-refractivity contribution < 1.29 is 0 Å². The molecule has 0 aliphatic carbocycles. The second-order valence-corrected chi connectivity index (χ2v) is 2.02. The summed E-state index contributed by atoms with van der Waals surface area (Å²) in [6.45, 7) is 2.06. The first-order valence-corrected chi connectivity index (χ1v) is 3.18. The summed E-state index contributed by atoms with van der Waals surface area (Å²) in [6.07, 6.45) is 7.61. The van der Waals surface area contributed by atoms with Gasteiger partial charge in [-0.1, -0.05) is 13.3 Å². The Balaban J connectivity index is 3.48. The molecule has 0 radical (unpaired) electrons. The van der Waals surface area contributed by atoms with Gasteiger partial charge in [-0.3, -0.25) is 0 Å². The predicted octanol–water partition coefficient (Wildman–Crippen LogP) is 1.95. The first kappa shape index (κ1) is 8.05. The van der Waals surface area contributed by atoms with Crippen LogP contribution in [0.4, 0.5) is 0 Å². The molecule has 0 spiro atoms. The van der Waals surface area contributed by atoms with Gasteiger partial charge in [0.15, 0.2) is 0 Å². The van der Waals surface area contributed by atoms with Crippen LogP contribution in [-0.2, 0) is 0 Å². The van der Waals surface area contributed by atoms with Gasteiger partial charge in [0.1, 0.15) is 0 Å². The van der Waals surface area contributed by atoms with Crippen LogP contribution in [0.3, 0.4) is 0 Å². The van der Waals surface area contributed by atoms with Crippen LogP contribution in [-0.4, -0.2) is 0 Å². The summed E-state index contributed by atoms with van der Waals surface area (Å²) in [4.78, 5) is 0. The van der Waals surface area contributed by atoms with E-state index in [1.165, 1.54) is 0 Å². The van der Waals surface area contributed by atoms with Crippen molar-refractivity contribution in [1.82, 2.24) is 0 Å². The minimum absolute atomic E-state index is 0.0833. The van der Waals surface area contributed by atoms with Crippen LogP contribution in [0.1, 0.15) is 26.2 Å². The van der Waals surface area contributed by atoms with Gasteiger partial charge in [0.05, 0.1) is 12.0 Å². The third-order valence-corrected chi connectivity index (χ3v) is 1.18. The Morgan fingerprint density at radius 3 is 2.67 bits per heavy atom. The summed E-state index contributed by atoms with van der Waals surface area (Å²) in [5.74, 6) is 2.56. The lowest BCUT2D eigenvalue weighted by molar-refractivity contribution is 0.608. The zero-order valence-corrected chi connectivity index (χ0v) is 5.72. The largest absolute Gasteiger partial charge is 0.198 e. The van der Waals surface area contributed by atoms with Crippen LogP contribution < -0.4 is 0 Å². The maximum Gasteiger partial charge on any atom is 0.0665 e. The van der Waals surface area contributed by atoms with Gasteiger partial charge < -0.3 is 0 Å². The molecule has 1 nitrogen and oxygen atoms in total. The molecule has 0 fully saturated rings. The number of rotatable bonds is 3. The lowest BCUT2D eigenvalue weighted by Crippen LogP contribution is -1.93. The van der Waals surface area contributed by atoms with Gasteiger partial charge in [-0.2, -0.15) is 5.26 Å². The molecule has 1 heteroatoms. The Labute approximate surface area is 56.7 Å². The Kier molecular flexibility index (Phi) is 4.64. The van der Waals surface area contributed by atoms with E-state index in [9.17, 15) is 0 Å². The number of terminal acetylenes is 1. The highest BCUT2D eigenvalue weighted by molar-refractivity contribution is 4.94. The number of hydrogen-bond donors (Lipinski definition) is 0. The van der Waals surface area contributed by atoms with Crippen LogP contribution in [0.2, 0.25) is 0 Å². The highest BCUT2D eigenvalue weighted by atomic mass is 14.3. The molecule has 0 saturated carbocycles. The zero-order valence-electron chi connectivity index (χ0n) is 5.72. The van der Waals surface area contributed by atoms with E-state index in [-0.39, 0.29) is 5.92 Å². The summed E-state index contributed by atoms with van der Waals surface area (Å²) in [5.41, 5.74) is 0. The third-order valence-electron chi connectivity index (χ3n) is 1.18. The van der Waals surface area contributed by atoms with Gasteiger partial charge in [-0.15, -0.1) is 12.3 Å². The average Bonchev–Trinajstić information content (AvgIpc) is 1.88. The zero-order chi connectivity index (χ0) is 7.11. The molecule has 0 bridgehead atoms. The number of hydrogen-bond acceptors (Lipinski definition) is 1. The second kappa shape index (κ2) is 5.19. The van der Waals surface area contributed by atoms with Crippen LogP contribution in [0.15, 0.2) is 0 Å². The molecule has 0 aliphatic rings. The maximum atomic E-state index is 8.44. The van der Waals surface area contributed by atoms with E-state index in [1.807, 2.05) is 0 Å². The Bertz CT molecular complexity index is 136. The standard InChI is InChI=1S/C8H11N/c1-3-5-8(7-9)6-4-2/h1,8H,4-6H2,2H3. The highest BCUT2D eigenvalue weighted by Crippen LogP contribution is 2.07. The molecule has 0 aromatic heterocycles. The van der Waals surface area contributed by atoms with E-state index in [0.717, 1.165) is 12.8 Å². The summed E-state index contributed by atoms with van der Waals surface area (Å²) in [5, 5.41) is 8.44. The monoisotopic (exact) mass is 121 g/mol. The normalized spacial score (nSPS) is 11.4. The van der Waals surface area contributed by atoms with Crippen LogP contribution >= 0.6 is 0 Å². The summed E-state index contributed by atoms with van der Waals surface area (Å²) in [6, 6.07) is 2.16. The van der Waals surface area contributed by atoms with Crippen LogP contribution in [0, 0.1) is 29.6 Å². The van der Waals surface area contributed by atoms with Crippen molar-refractivity contribution in [2.24, 2.45) is 5.92 Å². The third kappa shape index (κ3) is 3.62. The Morgan fingerprint density at radius 1 is 1.67 bits per heavy atom. The first-order valence-electron chi connectivity index (χ1n) is 3.18. The van der Waals surface area contributed by atoms with Gasteiger partial charge >= 0.3 is 0 Å². The smallest absolute Gasteiger partial charge is 0.0665 e. The molecule has 1 atom stereocenters. The SMILES string of the molecule is C#CCC(C#N)CCC. The fourth-order valence-corrected chi connectivity index (χ4v) is 0.703. The first-order chi connectivity index (χ1) is 4.35. The van der Waals surface area contributed by atoms with Crippen molar-refractivity contribution >= 4 is 0 Å². The number of nitriles is 1. The van der Waals surface area contributed by atoms with Crippen LogP contribution in [0.25, 0.3) is 0 Å². The Morgan fingerprint density at radius 2 is 2.33 bits per heavy atom. The van der Waals surface area contributed by atoms with E-state index in [1.54, 1.807) is 0 Å². The van der Waals surface area contributed by atoms with Crippen molar-refractivity contribution in [2.75, 3.05) is 0 Å². The molecule has 0 heterocycles. The molecule has 0 aliphatic heterocycles. The highest BCUT2D eigenvalue weighted by Gasteiger charge is 2.01. The van der Waals surface area contributed by atoms with E-state index in [4.69, 9.17) is 11.7 Å². The molecule has 0 aromatic rings. The van der Waals surface area contributed by atoms with Crippen LogP contribution in [0.5, 0.6) is 0 Å². The van der Waals surface area contributed by atoms with Gasteiger partial charge in [-0.25, -0.2) is 0 Å². The second-order valence-electron chi connectivity index (χ2n) is 2.02. The van der Waals surface area contributed by atoms with Crippen molar-refractivity contribution in [3.63, 3.8) is 0 Å². The van der Waals surface area contributed by atoms with Gasteiger partial charge in [-0.05, 0) is 6.42 Å². The predicted molar refractivity (Wildman–Crippen MR) is 37.5 cm³/mol. The molecule has 0 amide bonds. The molecule has 1 unspecified atom stereocenters. The summed E-state index contributed by atoms with van der Waals surface area (Å²) in [7, 11) is 0. The average molecular weight is 121 g/mol.